The van der Waals surface area contributed by atoms with Crippen molar-refractivity contribution in [1.29, 1.82) is 0 Å². The summed E-state index contributed by atoms with van der Waals surface area (Å²) in [5, 5.41) is 11.4. The standard InChI is InChI=1S/C24H27N3O3/c1-4-29-15-22-26-21-13-25-20-11-10-18(30-14-17-8-6-5-7-9-17)12-19(20)23(21)27(22)16-24(2,3)28/h5-13,28H,4,14-16H2,1-3H3. The first-order valence-corrected chi connectivity index (χ1v) is 10.2. The molecule has 0 saturated heterocycles. The van der Waals surface area contributed by atoms with Crippen LogP contribution in [-0.4, -0.2) is 31.8 Å². The van der Waals surface area contributed by atoms with Crippen LogP contribution in [0.3, 0.4) is 0 Å². The smallest absolute Gasteiger partial charge is 0.136 e. The minimum atomic E-state index is -0.897. The summed E-state index contributed by atoms with van der Waals surface area (Å²) in [4.78, 5) is 9.30. The Balaban J connectivity index is 1.78. The minimum Gasteiger partial charge on any atom is -0.489 e. The largest absolute Gasteiger partial charge is 0.489 e. The molecule has 2 aromatic heterocycles. The molecule has 0 atom stereocenters. The third kappa shape index (κ3) is 4.45. The van der Waals surface area contributed by atoms with Gasteiger partial charge in [0.1, 0.15) is 30.3 Å². The van der Waals surface area contributed by atoms with Crippen molar-refractivity contribution in [3.63, 3.8) is 0 Å². The van der Waals surface area contributed by atoms with Crippen LogP contribution in [-0.2, 0) is 24.5 Å². The molecule has 156 valence electrons. The fourth-order valence-electron chi connectivity index (χ4n) is 3.53. The van der Waals surface area contributed by atoms with Crippen molar-refractivity contribution in [2.24, 2.45) is 0 Å². The Morgan fingerprint density at radius 2 is 1.83 bits per heavy atom. The maximum absolute atomic E-state index is 10.5. The zero-order chi connectivity index (χ0) is 21.1. The molecule has 0 fully saturated rings. The molecule has 0 spiro atoms. The van der Waals surface area contributed by atoms with E-state index in [0.717, 1.165) is 39.1 Å². The van der Waals surface area contributed by atoms with E-state index >= 15 is 0 Å². The molecule has 0 amide bonds. The second-order valence-corrected chi connectivity index (χ2v) is 8.01. The van der Waals surface area contributed by atoms with Crippen molar-refractivity contribution in [3.8, 4) is 5.75 Å². The first-order chi connectivity index (χ1) is 14.4. The fourth-order valence-corrected chi connectivity index (χ4v) is 3.53. The first kappa shape index (κ1) is 20.3. The van der Waals surface area contributed by atoms with Crippen molar-refractivity contribution in [2.45, 2.75) is 46.1 Å². The molecule has 2 aromatic carbocycles. The van der Waals surface area contributed by atoms with Gasteiger partial charge in [0.2, 0.25) is 0 Å². The molecule has 0 unspecified atom stereocenters. The minimum absolute atomic E-state index is 0.382. The van der Waals surface area contributed by atoms with Gasteiger partial charge in [-0.25, -0.2) is 4.98 Å². The topological polar surface area (TPSA) is 69.4 Å². The number of nitrogens with zero attached hydrogens (tertiary/aromatic N) is 3. The molecular formula is C24H27N3O3. The molecule has 2 heterocycles. The van der Waals surface area contributed by atoms with Crippen molar-refractivity contribution in [1.82, 2.24) is 14.5 Å². The Labute approximate surface area is 176 Å². The first-order valence-electron chi connectivity index (χ1n) is 10.2. The molecule has 1 N–H and O–H groups in total. The predicted octanol–water partition coefficient (Wildman–Crippen LogP) is 4.47. The van der Waals surface area contributed by atoms with E-state index in [2.05, 4.69) is 4.98 Å². The van der Waals surface area contributed by atoms with Crippen LogP contribution in [0, 0.1) is 0 Å². The summed E-state index contributed by atoms with van der Waals surface area (Å²) in [5.74, 6) is 1.54. The van der Waals surface area contributed by atoms with Gasteiger partial charge in [-0.3, -0.25) is 4.98 Å². The summed E-state index contributed by atoms with van der Waals surface area (Å²) in [6.07, 6.45) is 1.78. The van der Waals surface area contributed by atoms with Crippen LogP contribution in [0.4, 0.5) is 0 Å². The van der Waals surface area contributed by atoms with Gasteiger partial charge in [-0.2, -0.15) is 0 Å². The number of rotatable bonds is 8. The monoisotopic (exact) mass is 405 g/mol. The highest BCUT2D eigenvalue weighted by Gasteiger charge is 2.21. The van der Waals surface area contributed by atoms with E-state index < -0.39 is 5.60 Å². The van der Waals surface area contributed by atoms with Gasteiger partial charge in [-0.1, -0.05) is 30.3 Å². The lowest BCUT2D eigenvalue weighted by atomic mass is 10.1. The summed E-state index contributed by atoms with van der Waals surface area (Å²) in [7, 11) is 0. The number of pyridine rings is 1. The summed E-state index contributed by atoms with van der Waals surface area (Å²) < 4.78 is 13.7. The van der Waals surface area contributed by atoms with Crippen LogP contribution in [0.15, 0.2) is 54.7 Å². The number of aliphatic hydroxyl groups is 1. The number of aromatic nitrogens is 3. The highest BCUT2D eigenvalue weighted by Crippen LogP contribution is 2.29. The highest BCUT2D eigenvalue weighted by atomic mass is 16.5. The molecule has 6 heteroatoms. The Bertz CT molecular complexity index is 1150. The Hall–Kier alpha value is -2.96. The molecule has 0 aliphatic heterocycles. The summed E-state index contributed by atoms with van der Waals surface area (Å²) in [6, 6.07) is 16.0. The number of imidazole rings is 1. The van der Waals surface area contributed by atoms with Crippen LogP contribution < -0.4 is 4.74 Å². The van der Waals surface area contributed by atoms with Gasteiger partial charge in [0.25, 0.3) is 0 Å². The molecule has 0 aliphatic carbocycles. The van der Waals surface area contributed by atoms with Gasteiger partial charge >= 0.3 is 0 Å². The summed E-state index contributed by atoms with van der Waals surface area (Å²) >= 11 is 0. The van der Waals surface area contributed by atoms with E-state index in [-0.39, 0.29) is 0 Å². The van der Waals surface area contributed by atoms with Crippen molar-refractivity contribution < 1.29 is 14.6 Å². The normalized spacial score (nSPS) is 12.0. The predicted molar refractivity (Wildman–Crippen MR) is 117 cm³/mol. The average molecular weight is 405 g/mol. The molecule has 4 aromatic rings. The van der Waals surface area contributed by atoms with Gasteiger partial charge in [0, 0.05) is 12.0 Å². The van der Waals surface area contributed by atoms with E-state index in [4.69, 9.17) is 14.5 Å². The zero-order valence-electron chi connectivity index (χ0n) is 17.6. The molecule has 0 radical (unpaired) electrons. The lowest BCUT2D eigenvalue weighted by Gasteiger charge is -2.20. The molecule has 6 nitrogen and oxygen atoms in total. The van der Waals surface area contributed by atoms with Crippen molar-refractivity contribution in [2.75, 3.05) is 6.61 Å². The van der Waals surface area contributed by atoms with Gasteiger partial charge in [0.15, 0.2) is 0 Å². The third-order valence-electron chi connectivity index (χ3n) is 4.85. The van der Waals surface area contributed by atoms with Crippen LogP contribution >= 0.6 is 0 Å². The van der Waals surface area contributed by atoms with E-state index in [1.165, 1.54) is 0 Å². The van der Waals surface area contributed by atoms with E-state index in [0.29, 0.717) is 26.4 Å². The zero-order valence-corrected chi connectivity index (χ0v) is 17.6. The maximum atomic E-state index is 10.5. The lowest BCUT2D eigenvalue weighted by molar-refractivity contribution is 0.0582. The summed E-state index contributed by atoms with van der Waals surface area (Å²) in [5.41, 5.74) is 2.78. The fraction of sp³-hybridized carbons (Fsp3) is 0.333. The number of benzene rings is 2. The second kappa shape index (κ2) is 8.42. The number of hydrogen-bond acceptors (Lipinski definition) is 5. The molecule has 30 heavy (non-hydrogen) atoms. The van der Waals surface area contributed by atoms with Crippen molar-refractivity contribution in [3.05, 3.63) is 66.1 Å². The molecule has 0 bridgehead atoms. The molecule has 4 rings (SSSR count). The van der Waals surface area contributed by atoms with Crippen LogP contribution in [0.2, 0.25) is 0 Å². The highest BCUT2D eigenvalue weighted by molar-refractivity contribution is 6.02. The van der Waals surface area contributed by atoms with Crippen LogP contribution in [0.1, 0.15) is 32.2 Å². The Kier molecular flexibility index (Phi) is 5.70. The Morgan fingerprint density at radius 3 is 2.57 bits per heavy atom. The number of fused-ring (bicyclic) bond motifs is 3. The Morgan fingerprint density at radius 1 is 1.03 bits per heavy atom. The van der Waals surface area contributed by atoms with Crippen LogP contribution in [0.5, 0.6) is 5.75 Å². The van der Waals surface area contributed by atoms with Gasteiger partial charge < -0.3 is 19.1 Å². The molecule has 0 saturated carbocycles. The SMILES string of the molecule is CCOCc1nc2cnc3ccc(OCc4ccccc4)cc3c2n1CC(C)(C)O. The third-order valence-corrected chi connectivity index (χ3v) is 4.85. The number of ether oxygens (including phenoxy) is 2. The van der Waals surface area contributed by atoms with E-state index in [1.54, 1.807) is 20.0 Å². The quantitative estimate of drug-likeness (QED) is 0.468. The maximum Gasteiger partial charge on any atom is 0.136 e. The second-order valence-electron chi connectivity index (χ2n) is 8.01. The average Bonchev–Trinajstić information content (AvgIpc) is 3.07. The van der Waals surface area contributed by atoms with Gasteiger partial charge in [-0.15, -0.1) is 0 Å². The van der Waals surface area contributed by atoms with Crippen molar-refractivity contribution >= 4 is 21.9 Å². The van der Waals surface area contributed by atoms with Crippen LogP contribution in [0.25, 0.3) is 21.9 Å². The van der Waals surface area contributed by atoms with E-state index in [9.17, 15) is 5.11 Å². The number of hydrogen-bond donors (Lipinski definition) is 1. The van der Waals surface area contributed by atoms with Gasteiger partial charge in [0.05, 0.1) is 29.4 Å². The summed E-state index contributed by atoms with van der Waals surface area (Å²) in [6.45, 7) is 7.42. The van der Waals surface area contributed by atoms with Gasteiger partial charge in [-0.05, 0) is 44.5 Å². The molecule has 0 aliphatic rings. The van der Waals surface area contributed by atoms with E-state index in [1.807, 2.05) is 60.0 Å². The molecular weight excluding hydrogens is 378 g/mol. The lowest BCUT2D eigenvalue weighted by Crippen LogP contribution is -2.27.